The fraction of sp³-hybridized carbons (Fsp3) is 0. The number of nitrogens with zero attached hydrogens (tertiary/aromatic N) is 3. The van der Waals surface area contributed by atoms with Crippen LogP contribution in [0.5, 0.6) is 0 Å². The van der Waals surface area contributed by atoms with Gasteiger partial charge in [-0.15, -0.1) is 34.0 Å². The molecule has 4 aromatic rings. The van der Waals surface area contributed by atoms with E-state index >= 15 is 0 Å². The van der Waals surface area contributed by atoms with E-state index in [-0.39, 0.29) is 0 Å². The van der Waals surface area contributed by atoms with Gasteiger partial charge in [-0.25, -0.2) is 15.0 Å². The van der Waals surface area contributed by atoms with Crippen LogP contribution in [0.25, 0.3) is 30.6 Å². The average molecular weight is 246 g/mol. The molecule has 69 valence electrons. The van der Waals surface area contributed by atoms with Crippen LogP contribution in [-0.2, 0) is 0 Å². The third-order valence-corrected chi connectivity index (χ3v) is 4.53. The molecular weight excluding hydrogens is 246 g/mol. The van der Waals surface area contributed by atoms with E-state index < -0.39 is 0 Å². The first kappa shape index (κ1) is 8.09. The van der Waals surface area contributed by atoms with E-state index in [4.69, 9.17) is 0 Å². The second-order valence-corrected chi connectivity index (χ2v) is 5.33. The standard InChI is InChI=1S/C9N3S3/c1-10-4-7(13-1)5-9(15-2-11-5)6-8(4)14-3-12-6. The summed E-state index contributed by atoms with van der Waals surface area (Å²) in [5, 5.41) is 0. The summed E-state index contributed by atoms with van der Waals surface area (Å²) in [4.78, 5) is 12.7. The molecule has 0 saturated heterocycles. The third-order valence-electron chi connectivity index (χ3n) is 2.21. The predicted molar refractivity (Wildman–Crippen MR) is 62.5 cm³/mol. The summed E-state index contributed by atoms with van der Waals surface area (Å²) in [6.45, 7) is 0. The highest BCUT2D eigenvalue weighted by Crippen LogP contribution is 2.38. The topological polar surface area (TPSA) is 38.7 Å². The van der Waals surface area contributed by atoms with E-state index in [9.17, 15) is 0 Å². The Kier molecular flexibility index (Phi) is 1.47. The van der Waals surface area contributed by atoms with Gasteiger partial charge in [-0.05, 0) is 0 Å². The minimum Gasteiger partial charge on any atom is -0.232 e. The van der Waals surface area contributed by atoms with E-state index in [2.05, 4.69) is 31.5 Å². The maximum Gasteiger partial charge on any atom is 0.153 e. The summed E-state index contributed by atoms with van der Waals surface area (Å²) in [6, 6.07) is 0. The molecule has 0 spiro atoms. The maximum absolute atomic E-state index is 4.24. The van der Waals surface area contributed by atoms with Crippen LogP contribution in [0.2, 0.25) is 0 Å². The van der Waals surface area contributed by atoms with Crippen molar-refractivity contribution in [2.24, 2.45) is 0 Å². The monoisotopic (exact) mass is 246 g/mol. The largest absolute Gasteiger partial charge is 0.232 e. The van der Waals surface area contributed by atoms with E-state index in [0.717, 1.165) is 30.6 Å². The molecule has 0 aliphatic carbocycles. The zero-order valence-corrected chi connectivity index (χ0v) is 9.52. The molecule has 0 amide bonds. The fourth-order valence-electron chi connectivity index (χ4n) is 1.58. The number of hydrogen-bond acceptors (Lipinski definition) is 6. The van der Waals surface area contributed by atoms with E-state index in [1.54, 1.807) is 0 Å². The van der Waals surface area contributed by atoms with Gasteiger partial charge in [0.2, 0.25) is 0 Å². The van der Waals surface area contributed by atoms with Crippen molar-refractivity contribution in [3.8, 4) is 0 Å². The van der Waals surface area contributed by atoms with Gasteiger partial charge < -0.3 is 0 Å². The molecule has 1 aromatic carbocycles. The molecule has 0 N–H and O–H groups in total. The van der Waals surface area contributed by atoms with Gasteiger partial charge in [0.25, 0.3) is 0 Å². The first-order valence-corrected chi connectivity index (χ1v) is 6.52. The Morgan fingerprint density at radius 1 is 0.600 bits per heavy atom. The van der Waals surface area contributed by atoms with Gasteiger partial charge in [0.1, 0.15) is 16.6 Å². The zero-order valence-electron chi connectivity index (χ0n) is 7.07. The van der Waals surface area contributed by atoms with Gasteiger partial charge in [-0.2, -0.15) is 0 Å². The van der Waals surface area contributed by atoms with Crippen molar-refractivity contribution >= 4 is 64.7 Å². The van der Waals surface area contributed by atoms with E-state index in [1.807, 2.05) is 0 Å². The molecule has 3 heterocycles. The lowest BCUT2D eigenvalue weighted by Crippen LogP contribution is -1.74. The van der Waals surface area contributed by atoms with Crippen LogP contribution in [0.1, 0.15) is 0 Å². The number of hydrogen-bond donors (Lipinski definition) is 0. The minimum absolute atomic E-state index is 0.945. The van der Waals surface area contributed by atoms with Crippen molar-refractivity contribution in [2.75, 3.05) is 0 Å². The summed E-state index contributed by atoms with van der Waals surface area (Å²) < 4.78 is 3.23. The van der Waals surface area contributed by atoms with Gasteiger partial charge in [-0.3, -0.25) is 0 Å². The molecule has 3 nitrogen and oxygen atoms in total. The Hall–Kier alpha value is -1.11. The van der Waals surface area contributed by atoms with Gasteiger partial charge in [0.15, 0.2) is 16.5 Å². The van der Waals surface area contributed by atoms with Gasteiger partial charge >= 0.3 is 0 Å². The van der Waals surface area contributed by atoms with Gasteiger partial charge in [0, 0.05) is 0 Å². The molecule has 0 aliphatic heterocycles. The Morgan fingerprint density at radius 3 is 1.27 bits per heavy atom. The second kappa shape index (κ2) is 2.72. The molecule has 3 aromatic heterocycles. The lowest BCUT2D eigenvalue weighted by molar-refractivity contribution is 1.48. The number of benzene rings is 1. The first-order valence-electron chi connectivity index (χ1n) is 4.07. The van der Waals surface area contributed by atoms with Gasteiger partial charge in [0.05, 0.1) is 14.1 Å². The number of fused-ring (bicyclic) bond motifs is 6. The van der Waals surface area contributed by atoms with E-state index in [1.165, 1.54) is 34.0 Å². The van der Waals surface area contributed by atoms with Crippen molar-refractivity contribution in [2.45, 2.75) is 0 Å². The average Bonchev–Trinajstić information content (AvgIpc) is 2.97. The molecule has 0 aliphatic rings. The van der Waals surface area contributed by atoms with Crippen LogP contribution < -0.4 is 0 Å². The Bertz CT molecular complexity index is 585. The van der Waals surface area contributed by atoms with Crippen LogP contribution in [0.3, 0.4) is 0 Å². The summed E-state index contributed by atoms with van der Waals surface area (Å²) in [6.07, 6.45) is 0. The number of aromatic nitrogens is 3. The molecule has 3 radical (unpaired) electrons. The molecule has 0 saturated carbocycles. The highest BCUT2D eigenvalue weighted by molar-refractivity contribution is 7.23. The van der Waals surface area contributed by atoms with Crippen molar-refractivity contribution in [3.05, 3.63) is 16.5 Å². The Balaban J connectivity index is 2.56. The second-order valence-electron chi connectivity index (χ2n) is 2.95. The first-order chi connectivity index (χ1) is 7.45. The minimum atomic E-state index is 0.945. The van der Waals surface area contributed by atoms with Gasteiger partial charge in [-0.1, -0.05) is 0 Å². The lowest BCUT2D eigenvalue weighted by Gasteiger charge is -1.92. The number of thiazole rings is 3. The van der Waals surface area contributed by atoms with Crippen LogP contribution in [0, 0.1) is 16.5 Å². The van der Waals surface area contributed by atoms with Crippen LogP contribution >= 0.6 is 34.0 Å². The summed E-state index contributed by atoms with van der Waals surface area (Å²) in [5.74, 6) is 0. The normalized spacial score (nSPS) is 12.0. The maximum atomic E-state index is 4.24. The Labute approximate surface area is 96.1 Å². The molecule has 0 unspecified atom stereocenters. The lowest BCUT2D eigenvalue weighted by atomic mass is 10.3. The fourth-order valence-corrected chi connectivity index (χ4v) is 3.93. The van der Waals surface area contributed by atoms with Crippen molar-refractivity contribution in [1.82, 2.24) is 15.0 Å². The van der Waals surface area contributed by atoms with E-state index in [0.29, 0.717) is 0 Å². The molecule has 0 bridgehead atoms. The number of rotatable bonds is 0. The van der Waals surface area contributed by atoms with Crippen molar-refractivity contribution in [1.29, 1.82) is 0 Å². The van der Waals surface area contributed by atoms with Crippen molar-refractivity contribution < 1.29 is 0 Å². The molecular formula is C9N3S3. The smallest absolute Gasteiger partial charge is 0.153 e. The summed E-state index contributed by atoms with van der Waals surface area (Å²) >= 11 is 4.48. The Morgan fingerprint density at radius 2 is 0.933 bits per heavy atom. The predicted octanol–water partition coefficient (Wildman–Crippen LogP) is 2.92. The quantitative estimate of drug-likeness (QED) is 0.479. The molecule has 0 fully saturated rings. The molecule has 0 atom stereocenters. The van der Waals surface area contributed by atoms with Crippen LogP contribution in [0.15, 0.2) is 0 Å². The van der Waals surface area contributed by atoms with Crippen molar-refractivity contribution in [3.63, 3.8) is 0 Å². The highest BCUT2D eigenvalue weighted by Gasteiger charge is 2.14. The summed E-state index contributed by atoms with van der Waals surface area (Å²) in [5.41, 5.74) is 11.6. The van der Waals surface area contributed by atoms with Crippen LogP contribution in [0.4, 0.5) is 0 Å². The molecule has 6 heteroatoms. The summed E-state index contributed by atoms with van der Waals surface area (Å²) in [7, 11) is 0. The zero-order chi connectivity index (χ0) is 9.83. The van der Waals surface area contributed by atoms with Crippen LogP contribution in [-0.4, -0.2) is 15.0 Å². The molecule has 4 rings (SSSR count). The SMILES string of the molecule is [c]1nc2c(s1)c1n[c]sc1c1n[c]sc21. The third kappa shape index (κ3) is 0.914. The molecule has 15 heavy (non-hydrogen) atoms. The highest BCUT2D eigenvalue weighted by atomic mass is 32.1.